The highest BCUT2D eigenvalue weighted by Gasteiger charge is 2.45. The number of carbonyl (C=O) groups is 1. The van der Waals surface area contributed by atoms with Crippen LogP contribution in [0.25, 0.3) is 10.8 Å². The molecule has 0 spiro atoms. The topological polar surface area (TPSA) is 37.3 Å². The molecule has 0 saturated heterocycles. The van der Waals surface area contributed by atoms with Crippen LogP contribution in [0.1, 0.15) is 30.1 Å². The second-order valence-corrected chi connectivity index (χ2v) is 5.18. The number of halogens is 2. The quantitative estimate of drug-likeness (QED) is 0.635. The summed E-state index contributed by atoms with van der Waals surface area (Å²) in [5.41, 5.74) is -0.105. The summed E-state index contributed by atoms with van der Waals surface area (Å²) in [6, 6.07) is 11.6. The summed E-state index contributed by atoms with van der Waals surface area (Å²) in [4.78, 5) is 12.0. The Morgan fingerprint density at radius 2 is 1.91 bits per heavy atom. The second-order valence-electron chi connectivity index (χ2n) is 5.18. The Kier molecular flexibility index (Phi) is 5.03. The molecule has 2 rings (SSSR count). The van der Waals surface area contributed by atoms with Gasteiger partial charge in [-0.05, 0) is 23.3 Å². The first-order valence-electron chi connectivity index (χ1n) is 7.23. The molecular formula is C18H18F2O2. The summed E-state index contributed by atoms with van der Waals surface area (Å²) in [5.74, 6) is -5.21. The van der Waals surface area contributed by atoms with Crippen LogP contribution in [0.4, 0.5) is 8.78 Å². The number of aliphatic hydroxyl groups is 1. The van der Waals surface area contributed by atoms with Gasteiger partial charge in [0.05, 0.1) is 0 Å². The van der Waals surface area contributed by atoms with Crippen molar-refractivity contribution in [3.05, 3.63) is 60.2 Å². The Balaban J connectivity index is 2.27. The van der Waals surface area contributed by atoms with E-state index in [2.05, 4.69) is 0 Å². The Hall–Kier alpha value is -2.07. The summed E-state index contributed by atoms with van der Waals surface area (Å²) in [6.07, 6.45) is 1.71. The van der Waals surface area contributed by atoms with Gasteiger partial charge in [0.15, 0.2) is 0 Å². The van der Waals surface area contributed by atoms with Gasteiger partial charge in [-0.15, -0.1) is 0 Å². The van der Waals surface area contributed by atoms with Crippen molar-refractivity contribution >= 4 is 16.6 Å². The van der Waals surface area contributed by atoms with Crippen molar-refractivity contribution in [2.24, 2.45) is 0 Å². The van der Waals surface area contributed by atoms with Gasteiger partial charge in [0.2, 0.25) is 5.78 Å². The van der Waals surface area contributed by atoms with Crippen LogP contribution < -0.4 is 0 Å². The molecule has 4 heteroatoms. The van der Waals surface area contributed by atoms with Gasteiger partial charge in [0.1, 0.15) is 6.10 Å². The van der Waals surface area contributed by atoms with Gasteiger partial charge in [-0.3, -0.25) is 4.79 Å². The van der Waals surface area contributed by atoms with E-state index < -0.39 is 17.8 Å². The predicted molar refractivity (Wildman–Crippen MR) is 83.3 cm³/mol. The number of hydrogen-bond acceptors (Lipinski definition) is 2. The molecule has 0 saturated carbocycles. The van der Waals surface area contributed by atoms with Crippen molar-refractivity contribution in [3.8, 4) is 0 Å². The van der Waals surface area contributed by atoms with Crippen molar-refractivity contribution in [1.82, 2.24) is 0 Å². The molecule has 0 aromatic heterocycles. The number of rotatable bonds is 6. The number of carbonyl (C=O) groups excluding carboxylic acids is 1. The fourth-order valence-electron chi connectivity index (χ4n) is 2.17. The molecule has 0 bridgehead atoms. The summed E-state index contributed by atoms with van der Waals surface area (Å²) >= 11 is 0. The Morgan fingerprint density at radius 3 is 2.59 bits per heavy atom. The van der Waals surface area contributed by atoms with Crippen LogP contribution in [0, 0.1) is 0 Å². The number of unbranched alkanes of at least 4 members (excludes halogenated alkanes) is 1. The number of benzene rings is 2. The van der Waals surface area contributed by atoms with Crippen LogP contribution in [-0.2, 0) is 0 Å². The molecule has 2 aromatic rings. The molecule has 0 heterocycles. The van der Waals surface area contributed by atoms with Crippen LogP contribution in [0.15, 0.2) is 54.6 Å². The summed E-state index contributed by atoms with van der Waals surface area (Å²) in [6.45, 7) is 1.90. The van der Waals surface area contributed by atoms with E-state index in [1.165, 1.54) is 18.2 Å². The molecule has 0 aliphatic rings. The minimum atomic E-state index is -3.84. The van der Waals surface area contributed by atoms with Crippen molar-refractivity contribution < 1.29 is 18.7 Å². The van der Waals surface area contributed by atoms with E-state index in [0.717, 1.165) is 17.9 Å². The zero-order valence-electron chi connectivity index (χ0n) is 12.3. The molecule has 2 aromatic carbocycles. The number of aliphatic hydroxyl groups excluding tert-OH is 1. The number of ketones is 1. The molecule has 0 aliphatic heterocycles. The Bertz CT molecular complexity index is 692. The summed E-state index contributed by atoms with van der Waals surface area (Å²) < 4.78 is 28.1. The number of fused-ring (bicyclic) bond motifs is 1. The molecule has 2 nitrogen and oxygen atoms in total. The second kappa shape index (κ2) is 6.79. The predicted octanol–water partition coefficient (Wildman–Crippen LogP) is 4.38. The molecule has 1 atom stereocenters. The average molecular weight is 304 g/mol. The van der Waals surface area contributed by atoms with Crippen molar-refractivity contribution in [2.75, 3.05) is 0 Å². The van der Waals surface area contributed by atoms with Crippen LogP contribution in [0.2, 0.25) is 0 Å². The van der Waals surface area contributed by atoms with E-state index >= 15 is 0 Å². The number of Topliss-reactive ketones (excluding diaryl/α,β-unsaturated/α-hetero) is 1. The molecule has 22 heavy (non-hydrogen) atoms. The van der Waals surface area contributed by atoms with Gasteiger partial charge in [0.25, 0.3) is 0 Å². The summed E-state index contributed by atoms with van der Waals surface area (Å²) in [5, 5.41) is 11.2. The van der Waals surface area contributed by atoms with E-state index in [4.69, 9.17) is 0 Å². The number of alkyl halides is 2. The smallest absolute Gasteiger partial charge is 0.338 e. The standard InChI is InChI=1S/C18H18F2O2/c1-2-3-4-9-16(21)18(19,20)17(22)15-11-10-13-7-5-6-8-14(13)12-15/h4-12,16,21H,2-3H2,1H3/b9-4+. The lowest BCUT2D eigenvalue weighted by Crippen LogP contribution is -2.40. The van der Waals surface area contributed by atoms with Crippen LogP contribution in [-0.4, -0.2) is 22.9 Å². The molecule has 0 amide bonds. The lowest BCUT2D eigenvalue weighted by molar-refractivity contribution is -0.0570. The highest BCUT2D eigenvalue weighted by molar-refractivity contribution is 6.04. The molecule has 0 aliphatic carbocycles. The molecule has 0 fully saturated rings. The van der Waals surface area contributed by atoms with Crippen molar-refractivity contribution in [2.45, 2.75) is 31.8 Å². The third-order valence-electron chi connectivity index (χ3n) is 3.46. The molecule has 116 valence electrons. The van der Waals surface area contributed by atoms with E-state index in [1.54, 1.807) is 18.2 Å². The lowest BCUT2D eigenvalue weighted by Gasteiger charge is -2.19. The minimum Gasteiger partial charge on any atom is -0.382 e. The molecular weight excluding hydrogens is 286 g/mol. The largest absolute Gasteiger partial charge is 0.382 e. The van der Waals surface area contributed by atoms with E-state index in [9.17, 15) is 18.7 Å². The number of allylic oxidation sites excluding steroid dienone is 1. The van der Waals surface area contributed by atoms with Crippen molar-refractivity contribution in [1.29, 1.82) is 0 Å². The average Bonchev–Trinajstić information content (AvgIpc) is 2.53. The van der Waals surface area contributed by atoms with Gasteiger partial charge < -0.3 is 5.11 Å². The zero-order chi connectivity index (χ0) is 16.2. The van der Waals surface area contributed by atoms with E-state index in [1.807, 2.05) is 19.1 Å². The Morgan fingerprint density at radius 1 is 1.23 bits per heavy atom. The van der Waals surface area contributed by atoms with Crippen LogP contribution in [0.5, 0.6) is 0 Å². The van der Waals surface area contributed by atoms with Crippen molar-refractivity contribution in [3.63, 3.8) is 0 Å². The first kappa shape index (κ1) is 16.3. The lowest BCUT2D eigenvalue weighted by atomic mass is 9.98. The van der Waals surface area contributed by atoms with Crippen LogP contribution >= 0.6 is 0 Å². The first-order chi connectivity index (χ1) is 10.5. The fourth-order valence-corrected chi connectivity index (χ4v) is 2.17. The molecule has 0 radical (unpaired) electrons. The monoisotopic (exact) mass is 304 g/mol. The summed E-state index contributed by atoms with van der Waals surface area (Å²) in [7, 11) is 0. The first-order valence-corrected chi connectivity index (χ1v) is 7.23. The third kappa shape index (κ3) is 3.39. The molecule has 1 unspecified atom stereocenters. The van der Waals surface area contributed by atoms with Gasteiger partial charge in [-0.1, -0.05) is 61.9 Å². The number of hydrogen-bond donors (Lipinski definition) is 1. The van der Waals surface area contributed by atoms with Gasteiger partial charge in [-0.25, -0.2) is 0 Å². The SMILES string of the molecule is CCC/C=C/C(O)C(F)(F)C(=O)c1ccc2ccccc2c1. The fraction of sp³-hybridized carbons (Fsp3) is 0.278. The maximum absolute atomic E-state index is 14.1. The highest BCUT2D eigenvalue weighted by atomic mass is 19.3. The maximum atomic E-state index is 14.1. The van der Waals surface area contributed by atoms with Gasteiger partial charge in [0, 0.05) is 5.56 Å². The third-order valence-corrected chi connectivity index (χ3v) is 3.46. The maximum Gasteiger partial charge on any atom is 0.338 e. The van der Waals surface area contributed by atoms with Gasteiger partial charge >= 0.3 is 5.92 Å². The Labute approximate surface area is 128 Å². The van der Waals surface area contributed by atoms with E-state index in [0.29, 0.717) is 11.8 Å². The minimum absolute atomic E-state index is 0.105. The highest BCUT2D eigenvalue weighted by Crippen LogP contribution is 2.27. The van der Waals surface area contributed by atoms with Gasteiger partial charge in [-0.2, -0.15) is 8.78 Å². The zero-order valence-corrected chi connectivity index (χ0v) is 12.3. The molecule has 1 N–H and O–H groups in total. The van der Waals surface area contributed by atoms with E-state index in [-0.39, 0.29) is 5.56 Å². The normalized spacial score (nSPS) is 13.6. The van der Waals surface area contributed by atoms with Crippen LogP contribution in [0.3, 0.4) is 0 Å².